The molecule has 1 saturated heterocycles. The molecule has 1 heterocycles. The number of halogens is 3. The summed E-state index contributed by atoms with van der Waals surface area (Å²) in [5.74, 6) is -1.65. The number of rotatable bonds is 2. The molecule has 0 radical (unpaired) electrons. The summed E-state index contributed by atoms with van der Waals surface area (Å²) in [4.78, 5) is 11.8. The lowest BCUT2D eigenvalue weighted by atomic mass is 9.84. The maximum absolute atomic E-state index is 12.9. The second-order valence-corrected chi connectivity index (χ2v) is 5.20. The van der Waals surface area contributed by atoms with E-state index >= 15 is 0 Å². The molecule has 3 atom stereocenters. The van der Waals surface area contributed by atoms with Crippen molar-refractivity contribution in [2.24, 2.45) is 5.92 Å². The summed E-state index contributed by atoms with van der Waals surface area (Å²) in [6.07, 6.45) is -0.662. The molecule has 2 rings (SSSR count). The fraction of sp³-hybridized carbons (Fsp3) is 0.917. The summed E-state index contributed by atoms with van der Waals surface area (Å²) in [7, 11) is 0. The Kier molecular flexibility index (Phi) is 4.14. The van der Waals surface area contributed by atoms with Crippen molar-refractivity contribution in [2.75, 3.05) is 6.54 Å². The van der Waals surface area contributed by atoms with Crippen LogP contribution in [0.5, 0.6) is 0 Å². The molecule has 0 aromatic heterocycles. The Morgan fingerprint density at radius 2 is 1.83 bits per heavy atom. The second kappa shape index (κ2) is 5.47. The van der Waals surface area contributed by atoms with E-state index in [1.165, 1.54) is 0 Å². The summed E-state index contributed by atoms with van der Waals surface area (Å²) in [6, 6.07) is -1.05. The third-order valence-electron chi connectivity index (χ3n) is 3.89. The Hall–Kier alpha value is -0.780. The number of carbonyl (C=O) groups is 1. The number of nitrogens with one attached hydrogen (secondary N) is 2. The Morgan fingerprint density at radius 3 is 2.44 bits per heavy atom. The number of alkyl halides is 3. The third kappa shape index (κ3) is 3.16. The Labute approximate surface area is 104 Å². The fourth-order valence-corrected chi connectivity index (χ4v) is 2.89. The summed E-state index contributed by atoms with van der Waals surface area (Å²) < 4.78 is 38.6. The molecule has 2 N–H and O–H groups in total. The zero-order valence-electron chi connectivity index (χ0n) is 10.2. The molecule has 2 fully saturated rings. The standard InChI is InChI=1S/C12H19F3N2O/c13-12(14,15)8-4-1-2-5-9(8)17-11(18)10-6-3-7-16-10/h8-10,16H,1-7H2,(H,17,18). The van der Waals surface area contributed by atoms with E-state index in [-0.39, 0.29) is 18.4 Å². The van der Waals surface area contributed by atoms with E-state index < -0.39 is 18.1 Å². The van der Waals surface area contributed by atoms with Crippen molar-refractivity contribution in [3.63, 3.8) is 0 Å². The predicted molar refractivity (Wildman–Crippen MR) is 61.0 cm³/mol. The normalized spacial score (nSPS) is 33.4. The summed E-state index contributed by atoms with van der Waals surface area (Å²) in [6.45, 7) is 0.769. The van der Waals surface area contributed by atoms with Crippen molar-refractivity contribution >= 4 is 5.91 Å². The lowest BCUT2D eigenvalue weighted by molar-refractivity contribution is -0.189. The summed E-state index contributed by atoms with van der Waals surface area (Å²) in [5.41, 5.74) is 0. The molecule has 1 saturated carbocycles. The van der Waals surface area contributed by atoms with Crippen LogP contribution >= 0.6 is 0 Å². The molecule has 3 unspecified atom stereocenters. The Bertz CT molecular complexity index is 300. The molecular formula is C12H19F3N2O. The quantitative estimate of drug-likeness (QED) is 0.800. The van der Waals surface area contributed by atoms with Gasteiger partial charge < -0.3 is 10.6 Å². The van der Waals surface area contributed by atoms with Gasteiger partial charge in [-0.1, -0.05) is 12.8 Å². The van der Waals surface area contributed by atoms with Gasteiger partial charge in [-0.2, -0.15) is 13.2 Å². The van der Waals surface area contributed by atoms with Gasteiger partial charge in [0.05, 0.1) is 12.0 Å². The Morgan fingerprint density at radius 1 is 1.11 bits per heavy atom. The van der Waals surface area contributed by atoms with Crippen LogP contribution in [0.15, 0.2) is 0 Å². The third-order valence-corrected chi connectivity index (χ3v) is 3.89. The maximum Gasteiger partial charge on any atom is 0.393 e. The van der Waals surface area contributed by atoms with Gasteiger partial charge in [-0.25, -0.2) is 0 Å². The molecule has 0 aromatic rings. The number of carbonyl (C=O) groups excluding carboxylic acids is 1. The van der Waals surface area contributed by atoms with Crippen LogP contribution in [-0.4, -0.2) is 30.7 Å². The minimum absolute atomic E-state index is 0.131. The van der Waals surface area contributed by atoms with Crippen LogP contribution < -0.4 is 10.6 Å². The summed E-state index contributed by atoms with van der Waals surface area (Å²) in [5, 5.41) is 5.60. The average molecular weight is 264 g/mol. The first kappa shape index (κ1) is 13.6. The van der Waals surface area contributed by atoms with E-state index in [0.717, 1.165) is 25.8 Å². The van der Waals surface area contributed by atoms with E-state index in [4.69, 9.17) is 0 Å². The lowest BCUT2D eigenvalue weighted by Crippen LogP contribution is -2.51. The maximum atomic E-state index is 12.9. The molecular weight excluding hydrogens is 245 g/mol. The molecule has 0 aromatic carbocycles. The van der Waals surface area contributed by atoms with Crippen molar-refractivity contribution in [3.05, 3.63) is 0 Å². The smallest absolute Gasteiger partial charge is 0.351 e. The van der Waals surface area contributed by atoms with Gasteiger partial charge in [-0.15, -0.1) is 0 Å². The van der Waals surface area contributed by atoms with Gasteiger partial charge in [-0.05, 0) is 32.2 Å². The van der Waals surface area contributed by atoms with Crippen LogP contribution in [0, 0.1) is 5.92 Å². The zero-order valence-corrected chi connectivity index (χ0v) is 10.2. The van der Waals surface area contributed by atoms with Crippen molar-refractivity contribution in [2.45, 2.75) is 56.8 Å². The Balaban J connectivity index is 1.94. The lowest BCUT2D eigenvalue weighted by Gasteiger charge is -2.34. The predicted octanol–water partition coefficient (Wildman–Crippen LogP) is 1.98. The highest BCUT2D eigenvalue weighted by molar-refractivity contribution is 5.82. The molecule has 1 aliphatic carbocycles. The van der Waals surface area contributed by atoms with Crippen molar-refractivity contribution in [3.8, 4) is 0 Å². The first-order valence-corrected chi connectivity index (χ1v) is 6.59. The monoisotopic (exact) mass is 264 g/mol. The van der Waals surface area contributed by atoms with E-state index in [9.17, 15) is 18.0 Å². The zero-order chi connectivity index (χ0) is 13.2. The molecule has 0 bridgehead atoms. The van der Waals surface area contributed by atoms with Crippen molar-refractivity contribution in [1.29, 1.82) is 0 Å². The van der Waals surface area contributed by atoms with Gasteiger partial charge >= 0.3 is 6.18 Å². The van der Waals surface area contributed by atoms with Gasteiger partial charge in [0.2, 0.25) is 5.91 Å². The molecule has 1 amide bonds. The highest BCUT2D eigenvalue weighted by Crippen LogP contribution is 2.37. The van der Waals surface area contributed by atoms with Gasteiger partial charge in [0.1, 0.15) is 0 Å². The van der Waals surface area contributed by atoms with E-state index in [0.29, 0.717) is 12.8 Å². The van der Waals surface area contributed by atoms with E-state index in [2.05, 4.69) is 10.6 Å². The van der Waals surface area contributed by atoms with Gasteiger partial charge in [0.25, 0.3) is 0 Å². The van der Waals surface area contributed by atoms with Gasteiger partial charge in [-0.3, -0.25) is 4.79 Å². The van der Waals surface area contributed by atoms with Crippen LogP contribution in [0.3, 0.4) is 0 Å². The van der Waals surface area contributed by atoms with Gasteiger partial charge in [0.15, 0.2) is 0 Å². The fourth-order valence-electron chi connectivity index (χ4n) is 2.89. The van der Waals surface area contributed by atoms with Crippen LogP contribution in [0.1, 0.15) is 38.5 Å². The molecule has 3 nitrogen and oxygen atoms in total. The SMILES string of the molecule is O=C(NC1CCCCC1C(F)(F)F)C1CCCN1. The molecule has 104 valence electrons. The summed E-state index contributed by atoms with van der Waals surface area (Å²) >= 11 is 0. The van der Waals surface area contributed by atoms with E-state index in [1.807, 2.05) is 0 Å². The van der Waals surface area contributed by atoms with E-state index in [1.54, 1.807) is 0 Å². The minimum atomic E-state index is -4.21. The number of hydrogen-bond acceptors (Lipinski definition) is 2. The van der Waals surface area contributed by atoms with Crippen LogP contribution in [0.4, 0.5) is 13.2 Å². The topological polar surface area (TPSA) is 41.1 Å². The highest BCUT2D eigenvalue weighted by atomic mass is 19.4. The first-order valence-electron chi connectivity index (χ1n) is 6.59. The molecule has 1 aliphatic heterocycles. The first-order chi connectivity index (χ1) is 8.48. The van der Waals surface area contributed by atoms with Crippen LogP contribution in [-0.2, 0) is 4.79 Å². The molecule has 6 heteroatoms. The van der Waals surface area contributed by atoms with Crippen molar-refractivity contribution < 1.29 is 18.0 Å². The second-order valence-electron chi connectivity index (χ2n) is 5.20. The van der Waals surface area contributed by atoms with Gasteiger partial charge in [0, 0.05) is 6.04 Å². The minimum Gasteiger partial charge on any atom is -0.351 e. The van der Waals surface area contributed by atoms with Crippen molar-refractivity contribution in [1.82, 2.24) is 10.6 Å². The van der Waals surface area contributed by atoms with Crippen LogP contribution in [0.2, 0.25) is 0 Å². The number of amides is 1. The molecule has 0 spiro atoms. The van der Waals surface area contributed by atoms with Crippen LogP contribution in [0.25, 0.3) is 0 Å². The highest BCUT2D eigenvalue weighted by Gasteiger charge is 2.46. The molecule has 2 aliphatic rings. The molecule has 18 heavy (non-hydrogen) atoms. The largest absolute Gasteiger partial charge is 0.393 e. The number of hydrogen-bond donors (Lipinski definition) is 2. The average Bonchev–Trinajstić information content (AvgIpc) is 2.81.